The Bertz CT molecular complexity index is 1720. The van der Waals surface area contributed by atoms with E-state index in [-0.39, 0.29) is 24.1 Å². The number of pyridine rings is 1. The molecule has 3 aromatic carbocycles. The van der Waals surface area contributed by atoms with E-state index in [1.807, 2.05) is 38.1 Å². The van der Waals surface area contributed by atoms with Crippen LogP contribution in [0.2, 0.25) is 10.0 Å². The van der Waals surface area contributed by atoms with Crippen molar-refractivity contribution >= 4 is 63.6 Å². The van der Waals surface area contributed by atoms with Crippen LogP contribution in [0.15, 0.2) is 66.7 Å². The maximum absolute atomic E-state index is 12.9. The fourth-order valence-corrected chi connectivity index (χ4v) is 4.97. The number of para-hydroxylation sites is 1. The Morgan fingerprint density at radius 2 is 1.75 bits per heavy atom. The molecule has 0 saturated carbocycles. The average Bonchev–Trinajstić information content (AvgIpc) is 3.02. The minimum Gasteiger partial charge on any atom is -0.493 e. The maximum Gasteiger partial charge on any atom is 0.251 e. The van der Waals surface area contributed by atoms with Crippen molar-refractivity contribution in [3.63, 3.8) is 0 Å². The van der Waals surface area contributed by atoms with Crippen molar-refractivity contribution in [2.24, 2.45) is 0 Å². The molecule has 228 valence electrons. The minimum atomic E-state index is -0.454. The van der Waals surface area contributed by atoms with Gasteiger partial charge in [0.2, 0.25) is 11.8 Å². The van der Waals surface area contributed by atoms with E-state index in [0.717, 1.165) is 22.4 Å². The van der Waals surface area contributed by atoms with E-state index in [1.165, 1.54) is 11.0 Å². The highest BCUT2D eigenvalue weighted by Crippen LogP contribution is 2.36. The molecule has 0 spiro atoms. The molecule has 11 heteroatoms. The molecular weight excluding hydrogens is 603 g/mol. The number of hydrogen-bond acceptors (Lipinski definition) is 6. The van der Waals surface area contributed by atoms with Crippen LogP contribution in [0.4, 0.5) is 5.69 Å². The summed E-state index contributed by atoms with van der Waals surface area (Å²) in [5.74, 6) is 0.208. The van der Waals surface area contributed by atoms with Crippen LogP contribution in [-0.4, -0.2) is 50.0 Å². The van der Waals surface area contributed by atoms with Gasteiger partial charge in [0.25, 0.3) is 5.91 Å². The Labute approximate surface area is 265 Å². The van der Waals surface area contributed by atoms with E-state index in [0.29, 0.717) is 39.7 Å². The van der Waals surface area contributed by atoms with Crippen LogP contribution in [-0.2, 0) is 16.2 Å². The van der Waals surface area contributed by atoms with Crippen LogP contribution >= 0.6 is 23.2 Å². The summed E-state index contributed by atoms with van der Waals surface area (Å²) < 4.78 is 11.9. The van der Waals surface area contributed by atoms with Crippen molar-refractivity contribution < 1.29 is 23.9 Å². The number of ether oxygens (including phenoxy) is 2. The molecule has 2 N–H and O–H groups in total. The molecule has 0 radical (unpaired) electrons. The second kappa shape index (κ2) is 14.7. The largest absolute Gasteiger partial charge is 0.493 e. The van der Waals surface area contributed by atoms with Gasteiger partial charge in [-0.25, -0.2) is 4.98 Å². The Morgan fingerprint density at radius 1 is 1.00 bits per heavy atom. The predicted octanol–water partition coefficient (Wildman–Crippen LogP) is 5.98. The summed E-state index contributed by atoms with van der Waals surface area (Å²) in [4.78, 5) is 43.0. The van der Waals surface area contributed by atoms with E-state index < -0.39 is 11.8 Å². The van der Waals surface area contributed by atoms with Gasteiger partial charge in [-0.2, -0.15) is 0 Å². The molecule has 44 heavy (non-hydrogen) atoms. The van der Waals surface area contributed by atoms with Crippen molar-refractivity contribution in [1.29, 1.82) is 0 Å². The number of carbonyl (C=O) groups excluding carboxylic acids is 3. The SMILES string of the molecule is CCOc1cc(C)nc2c(OCc3c(Cl)ccc(N(C)C(=O)CNC(=O)C=Cc4ccc(C(=O)NC)cc4)c3Cl)cccc12. The first-order chi connectivity index (χ1) is 21.1. The average molecular weight is 636 g/mol. The number of halogens is 2. The van der Waals surface area contributed by atoms with Gasteiger partial charge in [0.05, 0.1) is 23.9 Å². The quantitative estimate of drug-likeness (QED) is 0.196. The Hall–Kier alpha value is -4.60. The lowest BCUT2D eigenvalue weighted by Crippen LogP contribution is -2.37. The summed E-state index contributed by atoms with van der Waals surface area (Å²) in [6.07, 6.45) is 2.90. The molecule has 3 amide bonds. The maximum atomic E-state index is 12.9. The fraction of sp³-hybridized carbons (Fsp3) is 0.212. The summed E-state index contributed by atoms with van der Waals surface area (Å²) in [7, 11) is 3.11. The molecule has 0 atom stereocenters. The number of nitrogens with zero attached hydrogens (tertiary/aromatic N) is 2. The Morgan fingerprint density at radius 3 is 2.45 bits per heavy atom. The monoisotopic (exact) mass is 634 g/mol. The number of anilines is 1. The molecule has 0 saturated heterocycles. The van der Waals surface area contributed by atoms with Gasteiger partial charge >= 0.3 is 0 Å². The number of benzene rings is 3. The highest BCUT2D eigenvalue weighted by atomic mass is 35.5. The van der Waals surface area contributed by atoms with Crippen molar-refractivity contribution in [2.45, 2.75) is 20.5 Å². The van der Waals surface area contributed by atoms with Crippen molar-refractivity contribution in [2.75, 3.05) is 32.1 Å². The second-order valence-electron chi connectivity index (χ2n) is 9.70. The third-order valence-corrected chi connectivity index (χ3v) is 7.48. The third kappa shape index (κ3) is 7.67. The van der Waals surface area contributed by atoms with E-state index in [1.54, 1.807) is 56.6 Å². The second-order valence-corrected chi connectivity index (χ2v) is 10.5. The van der Waals surface area contributed by atoms with E-state index >= 15 is 0 Å². The van der Waals surface area contributed by atoms with Crippen LogP contribution < -0.4 is 25.0 Å². The lowest BCUT2D eigenvalue weighted by Gasteiger charge is -2.21. The molecule has 9 nitrogen and oxygen atoms in total. The molecular formula is C33H32Cl2N4O5. The number of aromatic nitrogens is 1. The molecule has 0 bridgehead atoms. The summed E-state index contributed by atoms with van der Waals surface area (Å²) in [5.41, 5.74) is 3.57. The zero-order valence-corrected chi connectivity index (χ0v) is 26.3. The van der Waals surface area contributed by atoms with Gasteiger partial charge in [0.15, 0.2) is 0 Å². The van der Waals surface area contributed by atoms with Crippen LogP contribution in [0.3, 0.4) is 0 Å². The van der Waals surface area contributed by atoms with Crippen LogP contribution in [0, 0.1) is 6.92 Å². The van der Waals surface area contributed by atoms with Gasteiger partial charge in [-0.05, 0) is 61.9 Å². The van der Waals surface area contributed by atoms with E-state index in [4.69, 9.17) is 32.7 Å². The Balaban J connectivity index is 1.42. The number of rotatable bonds is 11. The number of likely N-dealkylation sites (N-methyl/N-ethyl adjacent to an activating group) is 1. The fourth-order valence-electron chi connectivity index (χ4n) is 4.37. The normalized spacial score (nSPS) is 11.0. The molecule has 4 aromatic rings. The van der Waals surface area contributed by atoms with Crippen molar-refractivity contribution in [3.8, 4) is 11.5 Å². The zero-order chi connectivity index (χ0) is 31.8. The highest BCUT2D eigenvalue weighted by Gasteiger charge is 2.20. The first kappa shape index (κ1) is 32.3. The van der Waals surface area contributed by atoms with Crippen molar-refractivity contribution in [1.82, 2.24) is 15.6 Å². The molecule has 1 heterocycles. The van der Waals surface area contributed by atoms with Crippen LogP contribution in [0.5, 0.6) is 11.5 Å². The van der Waals surface area contributed by atoms with Gasteiger partial charge in [-0.1, -0.05) is 41.4 Å². The highest BCUT2D eigenvalue weighted by molar-refractivity contribution is 6.38. The summed E-state index contributed by atoms with van der Waals surface area (Å²) in [5, 5.41) is 6.57. The first-order valence-corrected chi connectivity index (χ1v) is 14.6. The molecule has 0 aliphatic carbocycles. The number of carbonyl (C=O) groups is 3. The summed E-state index contributed by atoms with van der Waals surface area (Å²) in [6, 6.07) is 17.5. The molecule has 4 rings (SSSR count). The molecule has 0 aliphatic heterocycles. The van der Waals surface area contributed by atoms with Crippen molar-refractivity contribution in [3.05, 3.63) is 99.2 Å². The van der Waals surface area contributed by atoms with Gasteiger partial charge < -0.3 is 25.0 Å². The minimum absolute atomic E-state index is 0.0257. The lowest BCUT2D eigenvalue weighted by molar-refractivity contribution is -0.122. The van der Waals surface area contributed by atoms with Gasteiger partial charge in [0, 0.05) is 53.5 Å². The van der Waals surface area contributed by atoms with Gasteiger partial charge in [-0.15, -0.1) is 0 Å². The smallest absolute Gasteiger partial charge is 0.251 e. The Kier molecular flexibility index (Phi) is 10.8. The van der Waals surface area contributed by atoms with Crippen LogP contribution in [0.25, 0.3) is 17.0 Å². The number of hydrogen-bond donors (Lipinski definition) is 2. The van der Waals surface area contributed by atoms with E-state index in [2.05, 4.69) is 15.6 Å². The standard InChI is InChI=1S/C33H32Cl2N4O5/c1-5-43-28-17-20(2)38-32-23(28)7-6-8-27(32)44-19-24-25(34)14-15-26(31(24)35)39(4)30(41)18-37-29(40)16-11-21-9-12-22(13-10-21)33(42)36-3/h6-17H,5,18-19H2,1-4H3,(H,36,42)(H,37,40). The first-order valence-electron chi connectivity index (χ1n) is 13.8. The number of aryl methyl sites for hydroxylation is 1. The third-order valence-electron chi connectivity index (χ3n) is 6.71. The van der Waals surface area contributed by atoms with Gasteiger partial charge in [0.1, 0.15) is 23.6 Å². The molecule has 1 aromatic heterocycles. The van der Waals surface area contributed by atoms with Crippen LogP contribution in [0.1, 0.15) is 34.1 Å². The number of amides is 3. The summed E-state index contributed by atoms with van der Waals surface area (Å²) >= 11 is 13.2. The lowest BCUT2D eigenvalue weighted by atomic mass is 10.1. The number of nitrogens with one attached hydrogen (secondary N) is 2. The predicted molar refractivity (Wildman–Crippen MR) is 174 cm³/mol. The molecule has 0 unspecified atom stereocenters. The molecule has 0 aliphatic rings. The topological polar surface area (TPSA) is 110 Å². The summed E-state index contributed by atoms with van der Waals surface area (Å²) in [6.45, 7) is 4.09. The van der Waals surface area contributed by atoms with Gasteiger partial charge in [-0.3, -0.25) is 14.4 Å². The zero-order valence-electron chi connectivity index (χ0n) is 24.7. The molecule has 0 fully saturated rings. The van der Waals surface area contributed by atoms with E-state index in [9.17, 15) is 14.4 Å². The number of fused-ring (bicyclic) bond motifs is 1.